The molecule has 1 atom stereocenters. The van der Waals surface area contributed by atoms with E-state index in [1.165, 1.54) is 7.11 Å². The van der Waals surface area contributed by atoms with Crippen molar-refractivity contribution in [2.75, 3.05) is 13.7 Å². The van der Waals surface area contributed by atoms with E-state index in [1.54, 1.807) is 0 Å². The van der Waals surface area contributed by atoms with Crippen LogP contribution in [0.3, 0.4) is 0 Å². The third-order valence-electron chi connectivity index (χ3n) is 4.19. The first kappa shape index (κ1) is 17.0. The van der Waals surface area contributed by atoms with Crippen molar-refractivity contribution in [3.05, 3.63) is 34.3 Å². The normalized spacial score (nSPS) is 16.3. The highest BCUT2D eigenvalue weighted by Gasteiger charge is 2.30. The quantitative estimate of drug-likeness (QED) is 0.746. The van der Waals surface area contributed by atoms with E-state index < -0.39 is 0 Å². The summed E-state index contributed by atoms with van der Waals surface area (Å²) in [6.45, 7) is 2.22. The second-order valence-corrected chi connectivity index (χ2v) is 6.74. The first-order chi connectivity index (χ1) is 10.5. The summed E-state index contributed by atoms with van der Waals surface area (Å²) in [7, 11) is 1.38. The molecule has 22 heavy (non-hydrogen) atoms. The molecule has 2 rings (SSSR count). The predicted octanol–water partition coefficient (Wildman–Crippen LogP) is 3.64. The SMILES string of the molecule is COC(=O)C(C)CN(C(=O)c1ccc(Br)cc1)C1CCCC1. The number of rotatable bonds is 5. The average Bonchev–Trinajstić information content (AvgIpc) is 3.05. The fourth-order valence-electron chi connectivity index (χ4n) is 2.94. The van der Waals surface area contributed by atoms with Gasteiger partial charge >= 0.3 is 5.97 Å². The molecule has 0 saturated heterocycles. The molecule has 0 aromatic heterocycles. The number of ether oxygens (including phenoxy) is 1. The Bertz CT molecular complexity index is 523. The van der Waals surface area contributed by atoms with E-state index in [9.17, 15) is 9.59 Å². The van der Waals surface area contributed by atoms with Gasteiger partial charge in [-0.1, -0.05) is 35.7 Å². The zero-order chi connectivity index (χ0) is 16.1. The fraction of sp³-hybridized carbons (Fsp3) is 0.529. The second-order valence-electron chi connectivity index (χ2n) is 5.83. The van der Waals surface area contributed by atoms with Crippen molar-refractivity contribution in [3.63, 3.8) is 0 Å². The Labute approximate surface area is 140 Å². The summed E-state index contributed by atoms with van der Waals surface area (Å²) >= 11 is 3.38. The monoisotopic (exact) mass is 367 g/mol. The molecule has 0 bridgehead atoms. The molecule has 0 spiro atoms. The molecule has 0 aliphatic heterocycles. The maximum Gasteiger partial charge on any atom is 0.310 e. The van der Waals surface area contributed by atoms with E-state index >= 15 is 0 Å². The van der Waals surface area contributed by atoms with E-state index in [1.807, 2.05) is 36.1 Å². The van der Waals surface area contributed by atoms with Gasteiger partial charge in [0, 0.05) is 22.6 Å². The third-order valence-corrected chi connectivity index (χ3v) is 4.72. The van der Waals surface area contributed by atoms with Crippen molar-refractivity contribution in [1.82, 2.24) is 4.90 Å². The minimum atomic E-state index is -0.315. The lowest BCUT2D eigenvalue weighted by Gasteiger charge is -2.31. The second kappa shape index (κ2) is 7.77. The van der Waals surface area contributed by atoms with Gasteiger partial charge in [0.15, 0.2) is 0 Å². The zero-order valence-electron chi connectivity index (χ0n) is 13.0. The number of nitrogens with zero attached hydrogens (tertiary/aromatic N) is 1. The van der Waals surface area contributed by atoms with Gasteiger partial charge in [0.25, 0.3) is 5.91 Å². The largest absolute Gasteiger partial charge is 0.469 e. The van der Waals surface area contributed by atoms with Crippen molar-refractivity contribution in [2.24, 2.45) is 5.92 Å². The third kappa shape index (κ3) is 4.09. The van der Waals surface area contributed by atoms with Gasteiger partial charge in [0.1, 0.15) is 0 Å². The maximum absolute atomic E-state index is 12.8. The summed E-state index contributed by atoms with van der Waals surface area (Å²) in [4.78, 5) is 26.4. The van der Waals surface area contributed by atoms with Crippen LogP contribution in [0.1, 0.15) is 43.0 Å². The molecule has 0 heterocycles. The van der Waals surface area contributed by atoms with Crippen molar-refractivity contribution >= 4 is 27.8 Å². The van der Waals surface area contributed by atoms with Crippen LogP contribution in [0.15, 0.2) is 28.7 Å². The topological polar surface area (TPSA) is 46.6 Å². The summed E-state index contributed by atoms with van der Waals surface area (Å²) in [5.74, 6) is -0.591. The van der Waals surface area contributed by atoms with Crippen molar-refractivity contribution < 1.29 is 14.3 Å². The molecule has 1 saturated carbocycles. The predicted molar refractivity (Wildman–Crippen MR) is 88.6 cm³/mol. The van der Waals surface area contributed by atoms with E-state index in [-0.39, 0.29) is 23.8 Å². The molecule has 1 unspecified atom stereocenters. The number of amides is 1. The Morgan fingerprint density at radius 2 is 1.86 bits per heavy atom. The lowest BCUT2D eigenvalue weighted by Crippen LogP contribution is -2.43. The lowest BCUT2D eigenvalue weighted by atomic mass is 10.1. The number of halogens is 1. The maximum atomic E-state index is 12.8. The highest BCUT2D eigenvalue weighted by Crippen LogP contribution is 2.26. The smallest absolute Gasteiger partial charge is 0.310 e. The number of hydrogen-bond donors (Lipinski definition) is 0. The molecular formula is C17H22BrNO3. The first-order valence-corrected chi connectivity index (χ1v) is 8.46. The van der Waals surface area contributed by atoms with Crippen LogP contribution >= 0.6 is 15.9 Å². The van der Waals surface area contributed by atoms with Crippen LogP contribution in [0.25, 0.3) is 0 Å². The van der Waals surface area contributed by atoms with Crippen molar-refractivity contribution in [1.29, 1.82) is 0 Å². The van der Waals surface area contributed by atoms with Gasteiger partial charge in [-0.25, -0.2) is 0 Å². The van der Waals surface area contributed by atoms with Gasteiger partial charge in [0.2, 0.25) is 0 Å². The summed E-state index contributed by atoms with van der Waals surface area (Å²) in [6, 6.07) is 7.59. The van der Waals surface area contributed by atoms with Gasteiger partial charge in [-0.3, -0.25) is 9.59 Å². The molecule has 4 nitrogen and oxygen atoms in total. The van der Waals surface area contributed by atoms with E-state index in [2.05, 4.69) is 15.9 Å². The Balaban J connectivity index is 2.17. The number of benzene rings is 1. The van der Waals surface area contributed by atoms with E-state index in [4.69, 9.17) is 4.74 Å². The molecule has 1 amide bonds. The van der Waals surface area contributed by atoms with Crippen LogP contribution < -0.4 is 0 Å². The zero-order valence-corrected chi connectivity index (χ0v) is 14.6. The molecular weight excluding hydrogens is 346 g/mol. The van der Waals surface area contributed by atoms with Crippen LogP contribution in [0, 0.1) is 5.92 Å². The van der Waals surface area contributed by atoms with Gasteiger partial charge in [-0.2, -0.15) is 0 Å². The number of methoxy groups -OCH3 is 1. The molecule has 1 fully saturated rings. The molecule has 1 aromatic carbocycles. The standard InChI is InChI=1S/C17H22BrNO3/c1-12(17(21)22-2)11-19(15-5-3-4-6-15)16(20)13-7-9-14(18)10-8-13/h7-10,12,15H,3-6,11H2,1-2H3. The van der Waals surface area contributed by atoms with E-state index in [0.29, 0.717) is 12.1 Å². The molecule has 0 radical (unpaired) electrons. The Morgan fingerprint density at radius 3 is 2.41 bits per heavy atom. The Hall–Kier alpha value is -1.36. The summed E-state index contributed by atoms with van der Waals surface area (Å²) in [5, 5.41) is 0. The Kier molecular flexibility index (Phi) is 6.00. The highest BCUT2D eigenvalue weighted by molar-refractivity contribution is 9.10. The highest BCUT2D eigenvalue weighted by atomic mass is 79.9. The van der Waals surface area contributed by atoms with Gasteiger partial charge in [0.05, 0.1) is 13.0 Å². The number of esters is 1. The molecule has 1 aliphatic carbocycles. The fourth-order valence-corrected chi connectivity index (χ4v) is 3.21. The van der Waals surface area contributed by atoms with Crippen LogP contribution in [0.4, 0.5) is 0 Å². The first-order valence-electron chi connectivity index (χ1n) is 7.67. The lowest BCUT2D eigenvalue weighted by molar-refractivity contribution is -0.145. The minimum absolute atomic E-state index is 0.00449. The van der Waals surface area contributed by atoms with Gasteiger partial charge < -0.3 is 9.64 Å². The number of hydrogen-bond acceptors (Lipinski definition) is 3. The van der Waals surface area contributed by atoms with Gasteiger partial charge in [-0.05, 0) is 37.1 Å². The number of carbonyl (C=O) groups is 2. The average molecular weight is 368 g/mol. The van der Waals surface area contributed by atoms with Crippen LogP contribution in [0.5, 0.6) is 0 Å². The van der Waals surface area contributed by atoms with Crippen LogP contribution in [0.2, 0.25) is 0 Å². The van der Waals surface area contributed by atoms with E-state index in [0.717, 1.165) is 30.2 Å². The molecule has 5 heteroatoms. The van der Waals surface area contributed by atoms with Crippen molar-refractivity contribution in [3.8, 4) is 0 Å². The van der Waals surface area contributed by atoms with Gasteiger partial charge in [-0.15, -0.1) is 0 Å². The Morgan fingerprint density at radius 1 is 1.27 bits per heavy atom. The molecule has 120 valence electrons. The number of carbonyl (C=O) groups excluding carboxylic acids is 2. The molecule has 0 N–H and O–H groups in total. The molecule has 1 aliphatic rings. The summed E-state index contributed by atoms with van der Waals surface area (Å²) in [6.07, 6.45) is 4.30. The molecule has 1 aromatic rings. The summed E-state index contributed by atoms with van der Waals surface area (Å²) in [5.41, 5.74) is 0.659. The minimum Gasteiger partial charge on any atom is -0.469 e. The van der Waals surface area contributed by atoms with Crippen LogP contribution in [-0.4, -0.2) is 36.5 Å². The summed E-state index contributed by atoms with van der Waals surface area (Å²) < 4.78 is 5.74. The van der Waals surface area contributed by atoms with Crippen LogP contribution in [-0.2, 0) is 9.53 Å². The van der Waals surface area contributed by atoms with Crippen molar-refractivity contribution in [2.45, 2.75) is 38.6 Å².